The summed E-state index contributed by atoms with van der Waals surface area (Å²) in [6, 6.07) is 38.6. The van der Waals surface area contributed by atoms with Crippen molar-refractivity contribution in [2.24, 2.45) is 11.5 Å². The van der Waals surface area contributed by atoms with Crippen LogP contribution in [0.4, 0.5) is 0 Å². The molecular weight excluding hydrogens is 733 g/mol. The van der Waals surface area contributed by atoms with Crippen LogP contribution in [0.5, 0.6) is 46.0 Å². The van der Waals surface area contributed by atoms with Gasteiger partial charge in [-0.3, -0.25) is 0 Å². The molecule has 8 bridgehead atoms. The molecule has 6 N–H and O–H groups in total. The first kappa shape index (κ1) is 39.9. The molecule has 1 aliphatic rings. The highest BCUT2D eigenvalue weighted by Crippen LogP contribution is 2.38. The maximum atomic E-state index is 11.8. The Hall–Kier alpha value is -6.36. The number of phenolic OH excluding ortho intramolecular Hbond substituents is 2. The van der Waals surface area contributed by atoms with E-state index in [0.717, 1.165) is 56.0 Å². The number of para-hydroxylation sites is 4. The Labute approximate surface area is 339 Å². The Morgan fingerprint density at radius 2 is 0.569 bits per heavy atom. The number of fused-ring (bicyclic) bond motifs is 8. The Bertz CT molecular complexity index is 2010. The van der Waals surface area contributed by atoms with Gasteiger partial charge in [0.05, 0.1) is 0 Å². The van der Waals surface area contributed by atoms with Gasteiger partial charge in [0.2, 0.25) is 0 Å². The number of benzene rings is 6. The van der Waals surface area contributed by atoms with Crippen molar-refractivity contribution in [3.8, 4) is 46.0 Å². The fourth-order valence-corrected chi connectivity index (χ4v) is 7.11. The molecule has 0 aromatic heterocycles. The Balaban J connectivity index is 1.13. The van der Waals surface area contributed by atoms with Gasteiger partial charge in [0.1, 0.15) is 85.6 Å². The van der Waals surface area contributed by atoms with Gasteiger partial charge in [0.25, 0.3) is 0 Å². The molecule has 6 aromatic carbocycles. The summed E-state index contributed by atoms with van der Waals surface area (Å²) >= 11 is 0. The van der Waals surface area contributed by atoms with Crippen molar-refractivity contribution in [2.75, 3.05) is 52.7 Å². The van der Waals surface area contributed by atoms with Crippen molar-refractivity contribution in [3.63, 3.8) is 0 Å². The number of ether oxygens (including phenoxy) is 6. The van der Waals surface area contributed by atoms with Crippen molar-refractivity contribution in [3.05, 3.63) is 166 Å². The highest BCUT2D eigenvalue weighted by molar-refractivity contribution is 5.55. The summed E-state index contributed by atoms with van der Waals surface area (Å²) in [6.45, 7) is 2.98. The second-order valence-corrected chi connectivity index (χ2v) is 14.0. The van der Waals surface area contributed by atoms with Crippen molar-refractivity contribution < 1.29 is 38.6 Å². The maximum Gasteiger partial charge on any atom is 0.126 e. The lowest BCUT2D eigenvalue weighted by atomic mass is 9.91. The molecule has 0 unspecified atom stereocenters. The van der Waals surface area contributed by atoms with Crippen molar-refractivity contribution in [1.82, 2.24) is 0 Å². The van der Waals surface area contributed by atoms with Gasteiger partial charge in [-0.2, -0.15) is 0 Å². The van der Waals surface area contributed by atoms with E-state index < -0.39 is 0 Å². The van der Waals surface area contributed by atoms with E-state index in [1.807, 2.05) is 121 Å². The molecule has 1 aliphatic carbocycles. The van der Waals surface area contributed by atoms with E-state index in [1.165, 1.54) is 0 Å². The Morgan fingerprint density at radius 3 is 0.845 bits per heavy atom. The summed E-state index contributed by atoms with van der Waals surface area (Å²) in [5.41, 5.74) is 17.9. The summed E-state index contributed by atoms with van der Waals surface area (Å²) in [5.74, 6) is 4.73. The molecule has 7 rings (SSSR count). The van der Waals surface area contributed by atoms with Gasteiger partial charge in [-0.05, 0) is 93.0 Å². The van der Waals surface area contributed by atoms with Crippen LogP contribution < -0.4 is 39.9 Å². The summed E-state index contributed by atoms with van der Waals surface area (Å²) < 4.78 is 36.2. The largest absolute Gasteiger partial charge is 0.507 e. The molecule has 10 heteroatoms. The SMILES string of the molecule is NCCOc1ccc(OCCOc2c3cccc2Cc2cccc(c2O)Cc2cccc(c2OCCOc2ccc(OCCN)cc2)Cc2cccc(c2O)C3)cc1. The van der Waals surface area contributed by atoms with E-state index >= 15 is 0 Å². The molecule has 0 aliphatic heterocycles. The van der Waals surface area contributed by atoms with Crippen molar-refractivity contribution >= 4 is 0 Å². The smallest absolute Gasteiger partial charge is 0.126 e. The fraction of sp³-hybridized carbons (Fsp3) is 0.250. The second-order valence-electron chi connectivity index (χ2n) is 14.0. The lowest BCUT2D eigenvalue weighted by Gasteiger charge is -2.20. The summed E-state index contributed by atoms with van der Waals surface area (Å²) in [6.07, 6.45) is 1.73. The molecular formula is C48H50N2O8. The number of phenols is 2. The van der Waals surface area contributed by atoms with Gasteiger partial charge in [0, 0.05) is 38.8 Å². The highest BCUT2D eigenvalue weighted by Gasteiger charge is 2.20. The summed E-state index contributed by atoms with van der Waals surface area (Å²) in [4.78, 5) is 0. The van der Waals surface area contributed by atoms with Crippen LogP contribution in [0.25, 0.3) is 0 Å². The topological polar surface area (TPSA) is 148 Å². The lowest BCUT2D eigenvalue weighted by molar-refractivity contribution is 0.214. The van der Waals surface area contributed by atoms with E-state index in [9.17, 15) is 10.2 Å². The third-order valence-corrected chi connectivity index (χ3v) is 9.90. The minimum atomic E-state index is 0.231. The van der Waals surface area contributed by atoms with Crippen LogP contribution in [0.15, 0.2) is 121 Å². The zero-order chi connectivity index (χ0) is 40.1. The number of rotatable bonds is 16. The average molecular weight is 783 g/mol. The second kappa shape index (κ2) is 19.7. The molecule has 0 fully saturated rings. The van der Waals surface area contributed by atoms with E-state index in [0.29, 0.717) is 88.2 Å². The number of aromatic hydroxyl groups is 2. The third-order valence-electron chi connectivity index (χ3n) is 9.90. The normalized spacial score (nSPS) is 12.0. The van der Waals surface area contributed by atoms with Crippen LogP contribution in [-0.4, -0.2) is 62.9 Å². The minimum absolute atomic E-state index is 0.231. The van der Waals surface area contributed by atoms with E-state index in [2.05, 4.69) is 0 Å². The third kappa shape index (κ3) is 10.1. The quantitative estimate of drug-likeness (QED) is 0.0733. The molecule has 300 valence electrons. The zero-order valence-electron chi connectivity index (χ0n) is 32.5. The summed E-state index contributed by atoms with van der Waals surface area (Å²) in [5, 5.41) is 23.5. The van der Waals surface area contributed by atoms with Gasteiger partial charge < -0.3 is 50.1 Å². The lowest BCUT2D eigenvalue weighted by Crippen LogP contribution is -2.13. The standard InChI is InChI=1S/C48H50N2O8/c49-21-23-53-41-13-17-43(18-14-41)55-25-27-57-47-37-9-3-11-39(47)31-35-7-2-8-36(46(35)52)32-40-12-4-10-38(30-34-6-1-5-33(29-37)45(34)51)48(40)58-28-26-56-44-19-15-42(16-20-44)54-24-22-50/h1-20,51-52H,21-32,49-50H2. The molecule has 6 aromatic rings. The predicted octanol–water partition coefficient (Wildman–Crippen LogP) is 7.37. The fourth-order valence-electron chi connectivity index (χ4n) is 7.11. The van der Waals surface area contributed by atoms with Gasteiger partial charge in [-0.25, -0.2) is 0 Å². The number of hydrogen-bond acceptors (Lipinski definition) is 10. The number of hydrogen-bond donors (Lipinski definition) is 4. The van der Waals surface area contributed by atoms with Crippen LogP contribution in [0.2, 0.25) is 0 Å². The zero-order valence-corrected chi connectivity index (χ0v) is 32.5. The van der Waals surface area contributed by atoms with Gasteiger partial charge in [0.15, 0.2) is 0 Å². The molecule has 10 nitrogen and oxygen atoms in total. The number of nitrogens with two attached hydrogens (primary N) is 2. The van der Waals surface area contributed by atoms with Crippen LogP contribution >= 0.6 is 0 Å². The maximum absolute atomic E-state index is 11.8. The van der Waals surface area contributed by atoms with Crippen LogP contribution in [0.3, 0.4) is 0 Å². The Morgan fingerprint density at radius 1 is 0.328 bits per heavy atom. The molecule has 0 heterocycles. The molecule has 58 heavy (non-hydrogen) atoms. The molecule has 0 radical (unpaired) electrons. The monoisotopic (exact) mass is 782 g/mol. The molecule has 0 amide bonds. The average Bonchev–Trinajstić information content (AvgIpc) is 3.24. The first-order valence-corrected chi connectivity index (χ1v) is 19.7. The van der Waals surface area contributed by atoms with Crippen molar-refractivity contribution in [2.45, 2.75) is 25.7 Å². The van der Waals surface area contributed by atoms with Gasteiger partial charge in [-0.1, -0.05) is 72.8 Å². The molecule has 0 saturated carbocycles. The van der Waals surface area contributed by atoms with Crippen LogP contribution in [0.1, 0.15) is 44.5 Å². The van der Waals surface area contributed by atoms with E-state index in [1.54, 1.807) is 0 Å². The van der Waals surface area contributed by atoms with Crippen LogP contribution in [0, 0.1) is 0 Å². The molecule has 0 spiro atoms. The molecule has 0 saturated heterocycles. The Kier molecular flexibility index (Phi) is 13.5. The molecule has 0 atom stereocenters. The summed E-state index contributed by atoms with van der Waals surface area (Å²) in [7, 11) is 0. The van der Waals surface area contributed by atoms with E-state index in [4.69, 9.17) is 39.9 Å². The minimum Gasteiger partial charge on any atom is -0.507 e. The predicted molar refractivity (Wildman–Crippen MR) is 224 cm³/mol. The van der Waals surface area contributed by atoms with Crippen LogP contribution in [-0.2, 0) is 25.7 Å². The van der Waals surface area contributed by atoms with E-state index in [-0.39, 0.29) is 24.7 Å². The van der Waals surface area contributed by atoms with Gasteiger partial charge in [-0.15, -0.1) is 0 Å². The highest BCUT2D eigenvalue weighted by atomic mass is 16.5. The first-order chi connectivity index (χ1) is 28.5. The van der Waals surface area contributed by atoms with Crippen molar-refractivity contribution in [1.29, 1.82) is 0 Å². The first-order valence-electron chi connectivity index (χ1n) is 19.7. The van der Waals surface area contributed by atoms with Gasteiger partial charge >= 0.3 is 0 Å².